The highest BCUT2D eigenvalue weighted by Crippen LogP contribution is 2.37. The SMILES string of the molecule is CC1CCN(CCNC2CSc3ccccc32)CC1. The van der Waals surface area contributed by atoms with E-state index in [9.17, 15) is 0 Å². The van der Waals surface area contributed by atoms with Crippen LogP contribution in [-0.4, -0.2) is 36.8 Å². The third kappa shape index (κ3) is 3.33. The molecular weight excluding hydrogens is 252 g/mol. The Balaban J connectivity index is 1.44. The highest BCUT2D eigenvalue weighted by molar-refractivity contribution is 7.99. The second kappa shape index (κ2) is 6.29. The molecule has 0 amide bonds. The molecule has 1 atom stereocenters. The first-order valence-electron chi connectivity index (χ1n) is 7.50. The fourth-order valence-corrected chi connectivity index (χ4v) is 4.21. The number of rotatable bonds is 4. The van der Waals surface area contributed by atoms with Gasteiger partial charge < -0.3 is 10.2 Å². The predicted octanol–water partition coefficient (Wildman–Crippen LogP) is 3.15. The summed E-state index contributed by atoms with van der Waals surface area (Å²) in [4.78, 5) is 4.08. The topological polar surface area (TPSA) is 15.3 Å². The maximum atomic E-state index is 3.73. The monoisotopic (exact) mass is 276 g/mol. The van der Waals surface area contributed by atoms with E-state index < -0.39 is 0 Å². The van der Waals surface area contributed by atoms with Crippen molar-refractivity contribution in [2.24, 2.45) is 5.92 Å². The van der Waals surface area contributed by atoms with Gasteiger partial charge >= 0.3 is 0 Å². The second-order valence-corrected chi connectivity index (χ2v) is 6.94. The molecule has 0 radical (unpaired) electrons. The summed E-state index contributed by atoms with van der Waals surface area (Å²) in [5.74, 6) is 2.12. The summed E-state index contributed by atoms with van der Waals surface area (Å²) in [7, 11) is 0. The molecule has 0 aromatic heterocycles. The van der Waals surface area contributed by atoms with E-state index >= 15 is 0 Å². The highest BCUT2D eigenvalue weighted by atomic mass is 32.2. The van der Waals surface area contributed by atoms with Gasteiger partial charge in [0, 0.05) is 29.8 Å². The maximum Gasteiger partial charge on any atom is 0.0426 e. The zero-order chi connectivity index (χ0) is 13.1. The summed E-state index contributed by atoms with van der Waals surface area (Å²) in [5.41, 5.74) is 1.50. The van der Waals surface area contributed by atoms with Crippen LogP contribution in [0.2, 0.25) is 0 Å². The van der Waals surface area contributed by atoms with E-state index in [1.54, 1.807) is 0 Å². The van der Waals surface area contributed by atoms with Crippen molar-refractivity contribution in [3.63, 3.8) is 0 Å². The molecule has 1 fully saturated rings. The normalized spacial score (nSPS) is 24.6. The van der Waals surface area contributed by atoms with Gasteiger partial charge in [-0.25, -0.2) is 0 Å². The summed E-state index contributed by atoms with van der Waals surface area (Å²) in [6.07, 6.45) is 2.75. The molecule has 0 bridgehead atoms. The Morgan fingerprint density at radius 2 is 2.05 bits per heavy atom. The van der Waals surface area contributed by atoms with Gasteiger partial charge in [0.15, 0.2) is 0 Å². The van der Waals surface area contributed by atoms with E-state index in [4.69, 9.17) is 0 Å². The largest absolute Gasteiger partial charge is 0.308 e. The molecule has 3 rings (SSSR count). The van der Waals surface area contributed by atoms with Gasteiger partial charge in [-0.1, -0.05) is 25.1 Å². The molecule has 2 nitrogen and oxygen atoms in total. The Morgan fingerprint density at radius 1 is 1.26 bits per heavy atom. The molecule has 2 heterocycles. The van der Waals surface area contributed by atoms with Gasteiger partial charge in [-0.2, -0.15) is 0 Å². The van der Waals surface area contributed by atoms with Crippen LogP contribution in [0.3, 0.4) is 0 Å². The van der Waals surface area contributed by atoms with E-state index in [0.717, 1.165) is 12.5 Å². The first-order valence-corrected chi connectivity index (χ1v) is 8.49. The van der Waals surface area contributed by atoms with Crippen LogP contribution in [0.1, 0.15) is 31.4 Å². The van der Waals surface area contributed by atoms with Crippen molar-refractivity contribution < 1.29 is 0 Å². The molecule has 1 aromatic carbocycles. The number of thioether (sulfide) groups is 1. The predicted molar refractivity (Wildman–Crippen MR) is 82.7 cm³/mol. The first-order chi connectivity index (χ1) is 9.33. The van der Waals surface area contributed by atoms with Crippen LogP contribution in [-0.2, 0) is 0 Å². The van der Waals surface area contributed by atoms with Crippen molar-refractivity contribution in [1.82, 2.24) is 10.2 Å². The van der Waals surface area contributed by atoms with Gasteiger partial charge in [0.2, 0.25) is 0 Å². The Labute approximate surface area is 121 Å². The Kier molecular flexibility index (Phi) is 4.46. The Bertz CT molecular complexity index is 413. The summed E-state index contributed by atoms with van der Waals surface area (Å²) in [6, 6.07) is 9.38. The van der Waals surface area contributed by atoms with Crippen molar-refractivity contribution in [2.75, 3.05) is 31.9 Å². The van der Waals surface area contributed by atoms with Gasteiger partial charge in [-0.15, -0.1) is 11.8 Å². The molecule has 0 spiro atoms. The van der Waals surface area contributed by atoms with E-state index in [1.807, 2.05) is 11.8 Å². The molecule has 0 aliphatic carbocycles. The van der Waals surface area contributed by atoms with E-state index in [0.29, 0.717) is 6.04 Å². The van der Waals surface area contributed by atoms with Crippen LogP contribution in [0.4, 0.5) is 0 Å². The molecule has 1 N–H and O–H groups in total. The molecule has 1 aromatic rings. The number of nitrogens with one attached hydrogen (secondary N) is 1. The van der Waals surface area contributed by atoms with E-state index in [-0.39, 0.29) is 0 Å². The van der Waals surface area contributed by atoms with Crippen molar-refractivity contribution in [3.05, 3.63) is 29.8 Å². The lowest BCUT2D eigenvalue weighted by atomic mass is 9.99. The fraction of sp³-hybridized carbons (Fsp3) is 0.625. The first kappa shape index (κ1) is 13.5. The van der Waals surface area contributed by atoms with Crippen LogP contribution in [0.15, 0.2) is 29.2 Å². The van der Waals surface area contributed by atoms with Gasteiger partial charge in [0.1, 0.15) is 0 Å². The Hall–Kier alpha value is -0.510. The zero-order valence-electron chi connectivity index (χ0n) is 11.8. The molecule has 1 saturated heterocycles. The minimum absolute atomic E-state index is 0.560. The molecule has 19 heavy (non-hydrogen) atoms. The Morgan fingerprint density at radius 3 is 2.89 bits per heavy atom. The number of hydrogen-bond donors (Lipinski definition) is 1. The summed E-state index contributed by atoms with van der Waals surface area (Å²) >= 11 is 1.99. The summed E-state index contributed by atoms with van der Waals surface area (Å²) < 4.78 is 0. The number of piperidine rings is 1. The minimum Gasteiger partial charge on any atom is -0.308 e. The number of hydrogen-bond acceptors (Lipinski definition) is 3. The van der Waals surface area contributed by atoms with Crippen molar-refractivity contribution in [2.45, 2.75) is 30.7 Å². The summed E-state index contributed by atoms with van der Waals surface area (Å²) in [5, 5.41) is 3.73. The standard InChI is InChI=1S/C16H24N2S/c1-13-6-9-18(10-7-13)11-8-17-15-12-19-16-5-3-2-4-14(15)16/h2-5,13,15,17H,6-12H2,1H3. The fourth-order valence-electron chi connectivity index (χ4n) is 3.01. The van der Waals surface area contributed by atoms with Gasteiger partial charge in [0.25, 0.3) is 0 Å². The number of fused-ring (bicyclic) bond motifs is 1. The van der Waals surface area contributed by atoms with Crippen LogP contribution in [0.25, 0.3) is 0 Å². The third-order valence-electron chi connectivity index (χ3n) is 4.39. The lowest BCUT2D eigenvalue weighted by Crippen LogP contribution is -2.38. The number of likely N-dealkylation sites (tertiary alicyclic amines) is 1. The quantitative estimate of drug-likeness (QED) is 0.909. The average Bonchev–Trinajstić information content (AvgIpc) is 2.85. The molecule has 0 saturated carbocycles. The molecular formula is C16H24N2S. The van der Waals surface area contributed by atoms with Gasteiger partial charge in [0.05, 0.1) is 0 Å². The number of benzene rings is 1. The van der Waals surface area contributed by atoms with Gasteiger partial charge in [-0.3, -0.25) is 0 Å². The third-order valence-corrected chi connectivity index (χ3v) is 5.58. The molecule has 2 aliphatic rings. The van der Waals surface area contributed by atoms with E-state index in [2.05, 4.69) is 41.4 Å². The molecule has 2 aliphatic heterocycles. The summed E-state index contributed by atoms with van der Waals surface area (Å²) in [6.45, 7) is 7.28. The molecule has 3 heteroatoms. The lowest BCUT2D eigenvalue weighted by molar-refractivity contribution is 0.191. The highest BCUT2D eigenvalue weighted by Gasteiger charge is 2.22. The average molecular weight is 276 g/mol. The minimum atomic E-state index is 0.560. The zero-order valence-corrected chi connectivity index (χ0v) is 12.6. The number of nitrogens with zero attached hydrogens (tertiary/aromatic N) is 1. The molecule has 104 valence electrons. The van der Waals surface area contributed by atoms with Gasteiger partial charge in [-0.05, 0) is 43.5 Å². The van der Waals surface area contributed by atoms with Crippen LogP contribution < -0.4 is 5.32 Å². The van der Waals surface area contributed by atoms with Crippen molar-refractivity contribution in [3.8, 4) is 0 Å². The smallest absolute Gasteiger partial charge is 0.0426 e. The molecule has 1 unspecified atom stereocenters. The van der Waals surface area contributed by atoms with Crippen molar-refractivity contribution >= 4 is 11.8 Å². The van der Waals surface area contributed by atoms with E-state index in [1.165, 1.54) is 48.7 Å². The van der Waals surface area contributed by atoms with Crippen LogP contribution >= 0.6 is 11.8 Å². The maximum absolute atomic E-state index is 3.73. The van der Waals surface area contributed by atoms with Crippen LogP contribution in [0.5, 0.6) is 0 Å². The van der Waals surface area contributed by atoms with Crippen molar-refractivity contribution in [1.29, 1.82) is 0 Å². The van der Waals surface area contributed by atoms with Crippen LogP contribution in [0, 0.1) is 5.92 Å². The lowest BCUT2D eigenvalue weighted by Gasteiger charge is -2.30. The second-order valence-electron chi connectivity index (χ2n) is 5.88.